The smallest absolute Gasteiger partial charge is 0.319 e. The van der Waals surface area contributed by atoms with Crippen LogP contribution in [0.5, 0.6) is 5.75 Å². The molecule has 0 atom stereocenters. The van der Waals surface area contributed by atoms with Crippen molar-refractivity contribution in [2.75, 3.05) is 11.9 Å². The number of nitrogens with zero attached hydrogens (tertiary/aromatic N) is 1. The maximum atomic E-state index is 12.0. The predicted molar refractivity (Wildman–Crippen MR) is 87.1 cm³/mol. The highest BCUT2D eigenvalue weighted by molar-refractivity contribution is 5.90. The number of carbonyl (C=O) groups is 1. The molecule has 5 heteroatoms. The van der Waals surface area contributed by atoms with Crippen LogP contribution in [0.4, 0.5) is 10.5 Å². The van der Waals surface area contributed by atoms with Crippen LogP contribution in [-0.4, -0.2) is 17.6 Å². The Labute approximate surface area is 130 Å². The number of hydrogen-bond donors (Lipinski definition) is 2. The predicted octanol–water partition coefficient (Wildman–Crippen LogP) is 3.50. The summed E-state index contributed by atoms with van der Waals surface area (Å²) in [5, 5.41) is 5.59. The zero-order valence-corrected chi connectivity index (χ0v) is 12.9. The van der Waals surface area contributed by atoms with Crippen LogP contribution in [0.3, 0.4) is 0 Å². The van der Waals surface area contributed by atoms with Crippen LogP contribution < -0.4 is 15.4 Å². The van der Waals surface area contributed by atoms with E-state index in [1.807, 2.05) is 56.3 Å². The maximum Gasteiger partial charge on any atom is 0.319 e. The summed E-state index contributed by atoms with van der Waals surface area (Å²) >= 11 is 0. The van der Waals surface area contributed by atoms with Crippen LogP contribution in [0.2, 0.25) is 0 Å². The number of anilines is 1. The standard InChI is InChI=1S/C17H21N3O2/c1-3-11-22-16-10-5-4-9-15(16)20-17(21)18-12-14-8-6-7-13(2)19-14/h4-10H,3,11-12H2,1-2H3,(H2,18,20,21). The van der Waals surface area contributed by atoms with Crippen LogP contribution in [0.1, 0.15) is 24.7 Å². The molecule has 22 heavy (non-hydrogen) atoms. The summed E-state index contributed by atoms with van der Waals surface area (Å²) in [6.07, 6.45) is 0.916. The zero-order chi connectivity index (χ0) is 15.8. The van der Waals surface area contributed by atoms with E-state index in [0.717, 1.165) is 17.8 Å². The Balaban J connectivity index is 1.92. The minimum Gasteiger partial charge on any atom is -0.491 e. The van der Waals surface area contributed by atoms with Crippen LogP contribution in [0.15, 0.2) is 42.5 Å². The quantitative estimate of drug-likeness (QED) is 0.858. The lowest BCUT2D eigenvalue weighted by Crippen LogP contribution is -2.28. The summed E-state index contributed by atoms with van der Waals surface area (Å²) < 4.78 is 5.61. The lowest BCUT2D eigenvalue weighted by atomic mass is 10.3. The molecule has 1 aromatic carbocycles. The van der Waals surface area contributed by atoms with Gasteiger partial charge in [-0.15, -0.1) is 0 Å². The first kappa shape index (κ1) is 15.8. The Bertz CT molecular complexity index is 629. The molecule has 5 nitrogen and oxygen atoms in total. The molecular formula is C17H21N3O2. The number of benzene rings is 1. The first-order chi connectivity index (χ1) is 10.7. The number of aryl methyl sites for hydroxylation is 1. The van der Waals surface area contributed by atoms with Crippen LogP contribution >= 0.6 is 0 Å². The third-order valence-corrected chi connectivity index (χ3v) is 2.97. The van der Waals surface area contributed by atoms with Gasteiger partial charge in [-0.1, -0.05) is 25.1 Å². The number of aromatic nitrogens is 1. The van der Waals surface area contributed by atoms with E-state index in [0.29, 0.717) is 24.6 Å². The molecular weight excluding hydrogens is 278 g/mol. The Morgan fingerprint density at radius 1 is 1.18 bits per heavy atom. The number of nitrogens with one attached hydrogen (secondary N) is 2. The van der Waals surface area contributed by atoms with Crippen molar-refractivity contribution >= 4 is 11.7 Å². The molecule has 0 bridgehead atoms. The van der Waals surface area contributed by atoms with E-state index in [-0.39, 0.29) is 6.03 Å². The third kappa shape index (κ3) is 4.77. The molecule has 2 N–H and O–H groups in total. The van der Waals surface area contributed by atoms with Crippen molar-refractivity contribution in [1.82, 2.24) is 10.3 Å². The average molecular weight is 299 g/mol. The van der Waals surface area contributed by atoms with E-state index >= 15 is 0 Å². The fourth-order valence-electron chi connectivity index (χ4n) is 1.94. The second kappa shape index (κ2) is 8.02. The molecule has 0 aliphatic heterocycles. The average Bonchev–Trinajstić information content (AvgIpc) is 2.52. The lowest BCUT2D eigenvalue weighted by Gasteiger charge is -2.12. The summed E-state index contributed by atoms with van der Waals surface area (Å²) in [5.74, 6) is 0.674. The number of para-hydroxylation sites is 2. The molecule has 0 unspecified atom stereocenters. The number of carbonyl (C=O) groups excluding carboxylic acids is 1. The van der Waals surface area contributed by atoms with Gasteiger partial charge in [0.1, 0.15) is 5.75 Å². The van der Waals surface area contributed by atoms with Gasteiger partial charge >= 0.3 is 6.03 Å². The second-order valence-electron chi connectivity index (χ2n) is 4.92. The minimum atomic E-state index is -0.282. The summed E-state index contributed by atoms with van der Waals surface area (Å²) in [7, 11) is 0. The lowest BCUT2D eigenvalue weighted by molar-refractivity contribution is 0.251. The van der Waals surface area contributed by atoms with Gasteiger partial charge in [0.2, 0.25) is 0 Å². The molecule has 0 fully saturated rings. The topological polar surface area (TPSA) is 63.2 Å². The Morgan fingerprint density at radius 2 is 2.00 bits per heavy atom. The summed E-state index contributed by atoms with van der Waals surface area (Å²) in [6, 6.07) is 12.8. The molecule has 0 aliphatic rings. The van der Waals surface area contributed by atoms with Crippen molar-refractivity contribution in [1.29, 1.82) is 0 Å². The van der Waals surface area contributed by atoms with Crippen molar-refractivity contribution in [2.24, 2.45) is 0 Å². The molecule has 0 spiro atoms. The highest BCUT2D eigenvalue weighted by atomic mass is 16.5. The molecule has 2 aromatic rings. The normalized spacial score (nSPS) is 10.1. The number of pyridine rings is 1. The van der Waals surface area contributed by atoms with Gasteiger partial charge in [0.25, 0.3) is 0 Å². The van der Waals surface area contributed by atoms with E-state index in [1.165, 1.54) is 0 Å². The molecule has 0 aliphatic carbocycles. The molecule has 1 aromatic heterocycles. The van der Waals surface area contributed by atoms with Gasteiger partial charge in [-0.3, -0.25) is 4.98 Å². The van der Waals surface area contributed by atoms with Gasteiger partial charge in [-0.25, -0.2) is 4.79 Å². The van der Waals surface area contributed by atoms with Crippen molar-refractivity contribution in [2.45, 2.75) is 26.8 Å². The van der Waals surface area contributed by atoms with E-state index in [1.54, 1.807) is 0 Å². The van der Waals surface area contributed by atoms with Gasteiger partial charge in [0.15, 0.2) is 0 Å². The number of ether oxygens (including phenoxy) is 1. The van der Waals surface area contributed by atoms with Crippen molar-refractivity contribution < 1.29 is 9.53 Å². The summed E-state index contributed by atoms with van der Waals surface area (Å²) in [6.45, 7) is 4.96. The summed E-state index contributed by atoms with van der Waals surface area (Å²) in [4.78, 5) is 16.3. The van der Waals surface area contributed by atoms with Gasteiger partial charge in [-0.2, -0.15) is 0 Å². The Hall–Kier alpha value is -2.56. The maximum absolute atomic E-state index is 12.0. The fraction of sp³-hybridized carbons (Fsp3) is 0.294. The van der Waals surface area contributed by atoms with Crippen LogP contribution in [-0.2, 0) is 6.54 Å². The molecule has 0 saturated carbocycles. The highest BCUT2D eigenvalue weighted by Crippen LogP contribution is 2.23. The van der Waals surface area contributed by atoms with Gasteiger partial charge in [0.05, 0.1) is 24.5 Å². The number of hydrogen-bond acceptors (Lipinski definition) is 3. The van der Waals surface area contributed by atoms with Gasteiger partial charge in [0, 0.05) is 5.69 Å². The molecule has 0 radical (unpaired) electrons. The molecule has 0 saturated heterocycles. The van der Waals surface area contributed by atoms with E-state index in [9.17, 15) is 4.79 Å². The Kier molecular flexibility index (Phi) is 5.77. The van der Waals surface area contributed by atoms with Crippen molar-refractivity contribution in [3.05, 3.63) is 53.9 Å². The molecule has 2 rings (SSSR count). The second-order valence-corrected chi connectivity index (χ2v) is 4.92. The van der Waals surface area contributed by atoms with Gasteiger partial charge < -0.3 is 15.4 Å². The van der Waals surface area contributed by atoms with Crippen molar-refractivity contribution in [3.63, 3.8) is 0 Å². The fourth-order valence-corrected chi connectivity index (χ4v) is 1.94. The molecule has 116 valence electrons. The van der Waals surface area contributed by atoms with E-state index in [2.05, 4.69) is 15.6 Å². The monoisotopic (exact) mass is 299 g/mol. The first-order valence-electron chi connectivity index (χ1n) is 7.38. The Morgan fingerprint density at radius 3 is 2.77 bits per heavy atom. The van der Waals surface area contributed by atoms with Gasteiger partial charge in [-0.05, 0) is 37.6 Å². The van der Waals surface area contributed by atoms with E-state index in [4.69, 9.17) is 4.74 Å². The first-order valence-corrected chi connectivity index (χ1v) is 7.38. The largest absolute Gasteiger partial charge is 0.491 e. The SMILES string of the molecule is CCCOc1ccccc1NC(=O)NCc1cccc(C)n1. The number of amides is 2. The highest BCUT2D eigenvalue weighted by Gasteiger charge is 2.07. The minimum absolute atomic E-state index is 0.282. The number of rotatable bonds is 6. The zero-order valence-electron chi connectivity index (χ0n) is 12.9. The molecule has 2 amide bonds. The number of urea groups is 1. The van der Waals surface area contributed by atoms with E-state index < -0.39 is 0 Å². The molecule has 1 heterocycles. The van der Waals surface area contributed by atoms with Crippen molar-refractivity contribution in [3.8, 4) is 5.75 Å². The van der Waals surface area contributed by atoms with Crippen LogP contribution in [0, 0.1) is 6.92 Å². The third-order valence-electron chi connectivity index (χ3n) is 2.97. The summed E-state index contributed by atoms with van der Waals surface area (Å²) in [5.41, 5.74) is 2.41. The van der Waals surface area contributed by atoms with Crippen LogP contribution in [0.25, 0.3) is 0 Å².